The molecule has 0 unspecified atom stereocenters. The Hall–Kier alpha value is -2.61. The molecule has 0 radical (unpaired) electrons. The fourth-order valence-corrected chi connectivity index (χ4v) is 2.95. The van der Waals surface area contributed by atoms with Gasteiger partial charge in [-0.2, -0.15) is 0 Å². The van der Waals surface area contributed by atoms with Crippen LogP contribution in [0.1, 0.15) is 25.0 Å². The number of hydrogen-bond donors (Lipinski definition) is 3. The topological polar surface area (TPSA) is 101 Å². The first-order chi connectivity index (χ1) is 12.2. The largest absolute Gasteiger partial charge is 0.497 e. The summed E-state index contributed by atoms with van der Waals surface area (Å²) in [6, 6.07) is 7.19. The van der Waals surface area contributed by atoms with E-state index >= 15 is 0 Å². The van der Waals surface area contributed by atoms with Crippen LogP contribution in [-0.4, -0.2) is 45.9 Å². The number of nitrogens with zero attached hydrogens (tertiary/aromatic N) is 3. The SMILES string of the molecule is COc1ccc(-n2cc(CNC(=O)NC[C@@H]3CCC[C@H]3O)nn2)cc1. The number of carbonyl (C=O) groups excluding carboxylic acids is 1. The molecule has 2 aromatic rings. The lowest BCUT2D eigenvalue weighted by Crippen LogP contribution is -2.39. The Bertz CT molecular complexity index is 701. The average Bonchev–Trinajstić information content (AvgIpc) is 3.27. The van der Waals surface area contributed by atoms with Crippen molar-refractivity contribution in [2.45, 2.75) is 31.9 Å². The van der Waals surface area contributed by atoms with Crippen LogP contribution >= 0.6 is 0 Å². The molecule has 0 aliphatic heterocycles. The molecule has 2 atom stereocenters. The van der Waals surface area contributed by atoms with Gasteiger partial charge in [0, 0.05) is 12.5 Å². The third-order valence-electron chi connectivity index (χ3n) is 4.45. The Labute approximate surface area is 146 Å². The summed E-state index contributed by atoms with van der Waals surface area (Å²) in [5.74, 6) is 0.927. The molecule has 1 aliphatic rings. The molecule has 0 saturated heterocycles. The van der Waals surface area contributed by atoms with Crippen molar-refractivity contribution in [2.24, 2.45) is 5.92 Å². The molecule has 1 aliphatic carbocycles. The van der Waals surface area contributed by atoms with Crippen molar-refractivity contribution in [1.29, 1.82) is 0 Å². The summed E-state index contributed by atoms with van der Waals surface area (Å²) in [6.07, 6.45) is 4.26. The summed E-state index contributed by atoms with van der Waals surface area (Å²) in [7, 11) is 1.62. The van der Waals surface area contributed by atoms with E-state index in [1.54, 1.807) is 18.0 Å². The Morgan fingerprint density at radius 3 is 2.80 bits per heavy atom. The van der Waals surface area contributed by atoms with Crippen LogP contribution in [0, 0.1) is 5.92 Å². The van der Waals surface area contributed by atoms with Gasteiger partial charge < -0.3 is 20.5 Å². The Morgan fingerprint density at radius 1 is 1.32 bits per heavy atom. The molecule has 2 amide bonds. The van der Waals surface area contributed by atoms with Crippen molar-refractivity contribution in [3.8, 4) is 11.4 Å². The highest BCUT2D eigenvalue weighted by Gasteiger charge is 2.25. The van der Waals surface area contributed by atoms with Crippen LogP contribution < -0.4 is 15.4 Å². The number of ether oxygens (including phenoxy) is 1. The number of aliphatic hydroxyl groups is 1. The maximum absolute atomic E-state index is 11.9. The molecule has 134 valence electrons. The van der Waals surface area contributed by atoms with Crippen LogP contribution in [0.3, 0.4) is 0 Å². The number of nitrogens with one attached hydrogen (secondary N) is 2. The van der Waals surface area contributed by atoms with Crippen molar-refractivity contribution >= 4 is 6.03 Å². The van der Waals surface area contributed by atoms with Crippen molar-refractivity contribution in [1.82, 2.24) is 25.6 Å². The van der Waals surface area contributed by atoms with Gasteiger partial charge in [-0.05, 0) is 37.1 Å². The molecular weight excluding hydrogens is 322 g/mol. The number of aliphatic hydroxyl groups excluding tert-OH is 1. The minimum absolute atomic E-state index is 0.154. The number of hydrogen-bond acceptors (Lipinski definition) is 5. The summed E-state index contributed by atoms with van der Waals surface area (Å²) >= 11 is 0. The van der Waals surface area contributed by atoms with Crippen molar-refractivity contribution in [3.05, 3.63) is 36.2 Å². The minimum atomic E-state index is -0.301. The van der Waals surface area contributed by atoms with Crippen LogP contribution in [0.2, 0.25) is 0 Å². The van der Waals surface area contributed by atoms with Gasteiger partial charge in [-0.1, -0.05) is 11.6 Å². The Morgan fingerprint density at radius 2 is 2.12 bits per heavy atom. The van der Waals surface area contributed by atoms with Crippen molar-refractivity contribution in [3.63, 3.8) is 0 Å². The predicted octanol–water partition coefficient (Wildman–Crippen LogP) is 1.24. The first-order valence-corrected chi connectivity index (χ1v) is 8.41. The zero-order chi connectivity index (χ0) is 17.6. The summed E-state index contributed by atoms with van der Waals surface area (Å²) in [4.78, 5) is 11.9. The highest BCUT2D eigenvalue weighted by Crippen LogP contribution is 2.24. The minimum Gasteiger partial charge on any atom is -0.497 e. The monoisotopic (exact) mass is 345 g/mol. The number of carbonyl (C=O) groups is 1. The van der Waals surface area contributed by atoms with Crippen LogP contribution in [-0.2, 0) is 6.54 Å². The van der Waals surface area contributed by atoms with Gasteiger partial charge in [-0.25, -0.2) is 9.48 Å². The highest BCUT2D eigenvalue weighted by molar-refractivity contribution is 5.73. The second-order valence-corrected chi connectivity index (χ2v) is 6.17. The van der Waals surface area contributed by atoms with Gasteiger partial charge in [0.15, 0.2) is 0 Å². The maximum atomic E-state index is 11.9. The fourth-order valence-electron chi connectivity index (χ4n) is 2.95. The molecule has 0 bridgehead atoms. The molecule has 8 nitrogen and oxygen atoms in total. The second-order valence-electron chi connectivity index (χ2n) is 6.17. The molecule has 1 heterocycles. The molecule has 1 fully saturated rings. The van der Waals surface area contributed by atoms with Crippen LogP contribution in [0.4, 0.5) is 4.79 Å². The smallest absolute Gasteiger partial charge is 0.315 e. The average molecular weight is 345 g/mol. The van der Waals surface area contributed by atoms with E-state index in [1.807, 2.05) is 24.3 Å². The summed E-state index contributed by atoms with van der Waals surface area (Å²) in [6.45, 7) is 0.779. The quantitative estimate of drug-likeness (QED) is 0.731. The molecule has 1 aromatic carbocycles. The van der Waals surface area contributed by atoms with E-state index in [0.29, 0.717) is 12.2 Å². The standard InChI is InChI=1S/C17H23N5O3/c1-25-15-7-5-14(6-8-15)22-11-13(20-21-22)10-19-17(24)18-9-12-3-2-4-16(12)23/h5-8,11-12,16,23H,2-4,9-10H2,1H3,(H2,18,19,24)/t12-,16+/m0/s1. The Kier molecular flexibility index (Phi) is 5.49. The van der Waals surface area contributed by atoms with E-state index in [2.05, 4.69) is 20.9 Å². The van der Waals surface area contributed by atoms with Gasteiger partial charge in [-0.15, -0.1) is 5.10 Å². The third kappa shape index (κ3) is 4.48. The van der Waals surface area contributed by atoms with Crippen LogP contribution in [0.25, 0.3) is 5.69 Å². The number of methoxy groups -OCH3 is 1. The van der Waals surface area contributed by atoms with E-state index in [9.17, 15) is 9.90 Å². The number of aromatic nitrogens is 3. The third-order valence-corrected chi connectivity index (χ3v) is 4.45. The lowest BCUT2D eigenvalue weighted by molar-refractivity contribution is 0.132. The summed E-state index contributed by atoms with van der Waals surface area (Å²) in [5, 5.41) is 23.4. The summed E-state index contributed by atoms with van der Waals surface area (Å²) in [5.41, 5.74) is 1.52. The lowest BCUT2D eigenvalue weighted by atomic mass is 10.1. The van der Waals surface area contributed by atoms with Gasteiger partial charge in [0.25, 0.3) is 0 Å². The molecular formula is C17H23N5O3. The lowest BCUT2D eigenvalue weighted by Gasteiger charge is -2.15. The van der Waals surface area contributed by atoms with Crippen molar-refractivity contribution in [2.75, 3.05) is 13.7 Å². The number of rotatable bonds is 6. The first kappa shape index (κ1) is 17.2. The van der Waals surface area contributed by atoms with E-state index < -0.39 is 0 Å². The zero-order valence-corrected chi connectivity index (χ0v) is 14.2. The van der Waals surface area contributed by atoms with Gasteiger partial charge in [-0.3, -0.25) is 0 Å². The van der Waals surface area contributed by atoms with Crippen LogP contribution in [0.5, 0.6) is 5.75 Å². The number of benzene rings is 1. The van der Waals surface area contributed by atoms with Gasteiger partial charge >= 0.3 is 6.03 Å². The van der Waals surface area contributed by atoms with Crippen molar-refractivity contribution < 1.29 is 14.6 Å². The Balaban J connectivity index is 1.47. The molecule has 1 aromatic heterocycles. The maximum Gasteiger partial charge on any atom is 0.315 e. The predicted molar refractivity (Wildman–Crippen MR) is 91.5 cm³/mol. The molecule has 25 heavy (non-hydrogen) atoms. The molecule has 8 heteroatoms. The first-order valence-electron chi connectivity index (χ1n) is 8.41. The number of urea groups is 1. The van der Waals surface area contributed by atoms with E-state index in [-0.39, 0.29) is 24.6 Å². The van der Waals surface area contributed by atoms with Gasteiger partial charge in [0.1, 0.15) is 11.4 Å². The molecule has 3 rings (SSSR count). The van der Waals surface area contributed by atoms with Gasteiger partial charge in [0.05, 0.1) is 31.6 Å². The van der Waals surface area contributed by atoms with Gasteiger partial charge in [0.2, 0.25) is 0 Å². The zero-order valence-electron chi connectivity index (χ0n) is 14.2. The van der Waals surface area contributed by atoms with E-state index in [0.717, 1.165) is 30.7 Å². The molecule has 3 N–H and O–H groups in total. The second kappa shape index (κ2) is 7.98. The van der Waals surface area contributed by atoms with E-state index in [1.165, 1.54) is 0 Å². The van der Waals surface area contributed by atoms with E-state index in [4.69, 9.17) is 4.74 Å². The normalized spacial score (nSPS) is 19.6. The molecule has 0 spiro atoms. The highest BCUT2D eigenvalue weighted by atomic mass is 16.5. The molecule has 1 saturated carbocycles. The number of amides is 2. The van der Waals surface area contributed by atoms with Crippen LogP contribution in [0.15, 0.2) is 30.5 Å². The fraction of sp³-hybridized carbons (Fsp3) is 0.471. The summed E-state index contributed by atoms with van der Waals surface area (Å²) < 4.78 is 6.77.